The molecule has 0 aromatic heterocycles. The normalized spacial score (nSPS) is 16.3. The third-order valence-electron chi connectivity index (χ3n) is 4.15. The van der Waals surface area contributed by atoms with E-state index >= 15 is 0 Å². The molecule has 1 N–H and O–H groups in total. The van der Waals surface area contributed by atoms with Crippen LogP contribution in [0.15, 0.2) is 29.3 Å². The zero-order chi connectivity index (χ0) is 18.3. The molecule has 1 saturated heterocycles. The van der Waals surface area contributed by atoms with Crippen molar-refractivity contribution in [1.29, 1.82) is 0 Å². The molecule has 1 aromatic carbocycles. The van der Waals surface area contributed by atoms with Gasteiger partial charge in [-0.2, -0.15) is 13.2 Å². The van der Waals surface area contributed by atoms with Gasteiger partial charge >= 0.3 is 6.18 Å². The Bertz CT molecular complexity index is 566. The van der Waals surface area contributed by atoms with Crippen molar-refractivity contribution in [2.24, 2.45) is 4.99 Å². The lowest BCUT2D eigenvalue weighted by atomic mass is 10.2. The predicted molar refractivity (Wildman–Crippen MR) is 91.5 cm³/mol. The van der Waals surface area contributed by atoms with Crippen molar-refractivity contribution in [2.75, 3.05) is 44.7 Å². The van der Waals surface area contributed by atoms with Gasteiger partial charge in [0.1, 0.15) is 5.82 Å². The van der Waals surface area contributed by atoms with E-state index < -0.39 is 12.6 Å². The van der Waals surface area contributed by atoms with Gasteiger partial charge in [-0.25, -0.2) is 4.39 Å². The lowest BCUT2D eigenvalue weighted by molar-refractivity contribution is -0.135. The number of para-hydroxylation sites is 1. The number of anilines is 1. The molecule has 0 spiro atoms. The zero-order valence-electron chi connectivity index (χ0n) is 14.3. The van der Waals surface area contributed by atoms with Gasteiger partial charge in [-0.3, -0.25) is 4.99 Å². The molecule has 1 fully saturated rings. The molecule has 0 atom stereocenters. The van der Waals surface area contributed by atoms with Gasteiger partial charge in [0.05, 0.1) is 5.69 Å². The Labute approximate surface area is 145 Å². The Kier molecular flexibility index (Phi) is 6.90. The van der Waals surface area contributed by atoms with Crippen molar-refractivity contribution < 1.29 is 17.6 Å². The van der Waals surface area contributed by atoms with E-state index in [0.29, 0.717) is 50.8 Å². The number of unbranched alkanes of at least 4 members (excludes halogenated alkanes) is 1. The number of guanidine groups is 1. The number of hydrogen-bond acceptors (Lipinski definition) is 2. The molecule has 0 radical (unpaired) electrons. The van der Waals surface area contributed by atoms with Gasteiger partial charge in [-0.05, 0) is 25.0 Å². The molecular formula is C17H24F4N4. The molecule has 1 aliphatic heterocycles. The van der Waals surface area contributed by atoms with E-state index in [-0.39, 0.29) is 12.2 Å². The molecule has 1 aromatic rings. The Morgan fingerprint density at radius 1 is 1.12 bits per heavy atom. The van der Waals surface area contributed by atoms with Crippen LogP contribution in [0.1, 0.15) is 19.3 Å². The SMILES string of the molecule is CN=C(NCCCCC(F)(F)F)N1CCN(c2ccccc2F)CC1. The number of rotatable bonds is 5. The van der Waals surface area contributed by atoms with Gasteiger partial charge in [0.2, 0.25) is 0 Å². The van der Waals surface area contributed by atoms with Crippen LogP contribution in [0.5, 0.6) is 0 Å². The molecule has 0 unspecified atom stereocenters. The van der Waals surface area contributed by atoms with Crippen LogP contribution in [0.2, 0.25) is 0 Å². The number of alkyl halides is 3. The minimum atomic E-state index is -4.09. The molecule has 1 heterocycles. The molecule has 4 nitrogen and oxygen atoms in total. The summed E-state index contributed by atoms with van der Waals surface area (Å²) in [5.41, 5.74) is 0.595. The lowest BCUT2D eigenvalue weighted by Crippen LogP contribution is -2.52. The first kappa shape index (κ1) is 19.3. The third kappa shape index (κ3) is 6.10. The Morgan fingerprint density at radius 3 is 2.40 bits per heavy atom. The fraction of sp³-hybridized carbons (Fsp3) is 0.588. The maximum Gasteiger partial charge on any atom is 0.389 e. The standard InChI is InChI=1S/C17H24F4N4/c1-22-16(23-9-5-4-8-17(19,20)21)25-12-10-24(11-13-25)15-7-3-2-6-14(15)18/h2-3,6-7H,4-5,8-13H2,1H3,(H,22,23). The van der Waals surface area contributed by atoms with Crippen LogP contribution in [0, 0.1) is 5.82 Å². The summed E-state index contributed by atoms with van der Waals surface area (Å²) in [5.74, 6) is 0.448. The van der Waals surface area contributed by atoms with Crippen molar-refractivity contribution in [1.82, 2.24) is 10.2 Å². The van der Waals surface area contributed by atoms with Crippen molar-refractivity contribution >= 4 is 11.6 Å². The van der Waals surface area contributed by atoms with E-state index in [1.54, 1.807) is 19.2 Å². The Morgan fingerprint density at radius 2 is 1.80 bits per heavy atom. The second-order valence-electron chi connectivity index (χ2n) is 5.97. The number of hydrogen-bond donors (Lipinski definition) is 1. The fourth-order valence-electron chi connectivity index (χ4n) is 2.85. The Balaban J connectivity index is 1.75. The van der Waals surface area contributed by atoms with Gasteiger partial charge in [-0.1, -0.05) is 12.1 Å². The van der Waals surface area contributed by atoms with E-state index in [1.807, 2.05) is 15.9 Å². The highest BCUT2D eigenvalue weighted by molar-refractivity contribution is 5.80. The van der Waals surface area contributed by atoms with Gasteiger partial charge in [-0.15, -0.1) is 0 Å². The van der Waals surface area contributed by atoms with E-state index in [0.717, 1.165) is 0 Å². The summed E-state index contributed by atoms with van der Waals surface area (Å²) in [6.07, 6.45) is -4.30. The van der Waals surface area contributed by atoms with Crippen LogP contribution >= 0.6 is 0 Å². The smallest absolute Gasteiger partial charge is 0.366 e. The van der Waals surface area contributed by atoms with Crippen LogP contribution in [0.4, 0.5) is 23.2 Å². The molecule has 0 aliphatic carbocycles. The van der Waals surface area contributed by atoms with Crippen molar-refractivity contribution in [3.05, 3.63) is 30.1 Å². The van der Waals surface area contributed by atoms with Crippen molar-refractivity contribution in [2.45, 2.75) is 25.4 Å². The minimum Gasteiger partial charge on any atom is -0.366 e. The highest BCUT2D eigenvalue weighted by Gasteiger charge is 2.26. The molecule has 8 heteroatoms. The summed E-state index contributed by atoms with van der Waals surface area (Å²) < 4.78 is 50.2. The van der Waals surface area contributed by atoms with Gasteiger partial charge in [0.15, 0.2) is 5.96 Å². The van der Waals surface area contributed by atoms with E-state index in [2.05, 4.69) is 10.3 Å². The van der Waals surface area contributed by atoms with Gasteiger partial charge in [0, 0.05) is 46.2 Å². The first-order valence-corrected chi connectivity index (χ1v) is 8.42. The number of halogens is 4. The monoisotopic (exact) mass is 360 g/mol. The minimum absolute atomic E-state index is 0.106. The second kappa shape index (κ2) is 8.92. The molecule has 2 rings (SSSR count). The van der Waals surface area contributed by atoms with E-state index in [1.165, 1.54) is 6.07 Å². The molecule has 140 valence electrons. The van der Waals surface area contributed by atoms with Gasteiger partial charge in [0.25, 0.3) is 0 Å². The second-order valence-corrected chi connectivity index (χ2v) is 5.97. The lowest BCUT2D eigenvalue weighted by Gasteiger charge is -2.37. The number of aliphatic imine (C=N–C) groups is 1. The molecule has 0 bridgehead atoms. The molecular weight excluding hydrogens is 336 g/mol. The van der Waals surface area contributed by atoms with Crippen LogP contribution in [0.3, 0.4) is 0 Å². The Hall–Kier alpha value is -1.99. The largest absolute Gasteiger partial charge is 0.389 e. The highest BCUT2D eigenvalue weighted by atomic mass is 19.4. The third-order valence-corrected chi connectivity index (χ3v) is 4.15. The number of piperazine rings is 1. The zero-order valence-corrected chi connectivity index (χ0v) is 14.3. The average Bonchev–Trinajstić information content (AvgIpc) is 2.58. The molecule has 0 saturated carbocycles. The summed E-state index contributed by atoms with van der Waals surface area (Å²) in [4.78, 5) is 8.22. The first-order chi connectivity index (χ1) is 11.9. The van der Waals surface area contributed by atoms with Gasteiger partial charge < -0.3 is 15.1 Å². The summed E-state index contributed by atoms with van der Waals surface area (Å²) >= 11 is 0. The quantitative estimate of drug-likeness (QED) is 0.378. The van der Waals surface area contributed by atoms with Crippen LogP contribution in [0.25, 0.3) is 0 Å². The van der Waals surface area contributed by atoms with Crippen LogP contribution in [-0.4, -0.2) is 56.8 Å². The number of nitrogens with one attached hydrogen (secondary N) is 1. The topological polar surface area (TPSA) is 30.9 Å². The maximum atomic E-state index is 13.8. The number of benzene rings is 1. The van der Waals surface area contributed by atoms with Crippen molar-refractivity contribution in [3.8, 4) is 0 Å². The summed E-state index contributed by atoms with van der Waals surface area (Å²) in [6.45, 7) is 3.13. The average molecular weight is 360 g/mol. The van der Waals surface area contributed by atoms with Crippen LogP contribution < -0.4 is 10.2 Å². The predicted octanol–water partition coefficient (Wildman–Crippen LogP) is 3.26. The fourth-order valence-corrected chi connectivity index (χ4v) is 2.85. The van der Waals surface area contributed by atoms with E-state index in [9.17, 15) is 17.6 Å². The molecule has 1 aliphatic rings. The summed E-state index contributed by atoms with van der Waals surface area (Å²) in [6, 6.07) is 6.69. The van der Waals surface area contributed by atoms with Crippen molar-refractivity contribution in [3.63, 3.8) is 0 Å². The van der Waals surface area contributed by atoms with E-state index in [4.69, 9.17) is 0 Å². The highest BCUT2D eigenvalue weighted by Crippen LogP contribution is 2.22. The summed E-state index contributed by atoms with van der Waals surface area (Å²) in [5, 5.41) is 3.11. The molecule has 0 amide bonds. The maximum absolute atomic E-state index is 13.8. The molecule has 25 heavy (non-hydrogen) atoms. The summed E-state index contributed by atoms with van der Waals surface area (Å²) in [7, 11) is 1.65. The first-order valence-electron chi connectivity index (χ1n) is 8.42. The number of nitrogens with zero attached hydrogens (tertiary/aromatic N) is 3. The van der Waals surface area contributed by atoms with Crippen LogP contribution in [-0.2, 0) is 0 Å².